The lowest BCUT2D eigenvalue weighted by atomic mass is 9.78. The predicted octanol–water partition coefficient (Wildman–Crippen LogP) is 10.6. The summed E-state index contributed by atoms with van der Waals surface area (Å²) in [6.45, 7) is 0. The zero-order chi connectivity index (χ0) is 36.8. The molecular formula is C48H50N4. The molecule has 0 aliphatic heterocycles. The number of rotatable bonds is 11. The first-order valence-corrected chi connectivity index (χ1v) is 17.8. The van der Waals surface area contributed by atoms with Crippen LogP contribution in [0.25, 0.3) is 22.3 Å². The van der Waals surface area contributed by atoms with Crippen LogP contribution in [0.2, 0.25) is 0 Å². The van der Waals surface area contributed by atoms with Crippen molar-refractivity contribution in [2.75, 3.05) is 76.0 Å². The quantitative estimate of drug-likeness (QED) is 0.0996. The van der Waals surface area contributed by atoms with Crippen LogP contribution in [0.3, 0.4) is 0 Å². The highest BCUT2D eigenvalue weighted by Crippen LogP contribution is 2.47. The van der Waals surface area contributed by atoms with Crippen LogP contribution in [0.15, 0.2) is 158 Å². The number of hydrogen-bond acceptors (Lipinski definition) is 4. The van der Waals surface area contributed by atoms with Gasteiger partial charge in [-0.3, -0.25) is 0 Å². The highest BCUT2D eigenvalue weighted by atomic mass is 15.1. The van der Waals surface area contributed by atoms with Crippen LogP contribution in [0, 0.1) is 0 Å². The number of benzene rings is 6. The molecule has 0 aliphatic carbocycles. The first kappa shape index (κ1) is 35.8. The van der Waals surface area contributed by atoms with Crippen molar-refractivity contribution in [3.8, 4) is 0 Å². The molecule has 0 bridgehead atoms. The van der Waals surface area contributed by atoms with Gasteiger partial charge in [-0.15, -0.1) is 0 Å². The van der Waals surface area contributed by atoms with Gasteiger partial charge in [0.15, 0.2) is 0 Å². The summed E-state index contributed by atoms with van der Waals surface area (Å²) in [5, 5.41) is 0. The lowest BCUT2D eigenvalue weighted by Crippen LogP contribution is -2.09. The van der Waals surface area contributed by atoms with Crippen LogP contribution in [0.4, 0.5) is 22.7 Å². The van der Waals surface area contributed by atoms with Crippen molar-refractivity contribution in [3.63, 3.8) is 0 Å². The standard InChI is InChI=1S/C48H50N4/c1-49(2)41-27-19-37(20-28-41)45(38-21-29-42(30-22-38)50(3)4)47(35-15-11-9-12-16-35)48(36-17-13-10-14-18-36)46(39-23-31-43(32-24-39)51(5)6)40-25-33-44(34-26-40)52(7)8/h9-34H,1-8H3. The molecule has 0 aliphatic rings. The first-order chi connectivity index (χ1) is 25.1. The Labute approximate surface area is 311 Å². The van der Waals surface area contributed by atoms with Crippen molar-refractivity contribution >= 4 is 45.0 Å². The molecule has 52 heavy (non-hydrogen) atoms. The SMILES string of the molecule is CN(C)c1ccc(C(=C(C(=C(c2ccc(N(C)C)cc2)c2ccc(N(C)C)cc2)c2ccccc2)c2ccccc2)c2ccc(N(C)C)cc2)cc1. The molecule has 6 rings (SSSR count). The van der Waals surface area contributed by atoms with Gasteiger partial charge in [-0.1, -0.05) is 109 Å². The van der Waals surface area contributed by atoms with E-state index >= 15 is 0 Å². The molecule has 0 N–H and O–H groups in total. The van der Waals surface area contributed by atoms with Crippen LogP contribution in [-0.2, 0) is 0 Å². The molecule has 0 aromatic heterocycles. The van der Waals surface area contributed by atoms with E-state index in [-0.39, 0.29) is 0 Å². The Bertz CT molecular complexity index is 1860. The van der Waals surface area contributed by atoms with E-state index in [1.807, 2.05) is 0 Å². The third-order valence-electron chi connectivity index (χ3n) is 9.56. The van der Waals surface area contributed by atoms with E-state index < -0.39 is 0 Å². The Hall–Kier alpha value is -6.00. The van der Waals surface area contributed by atoms with E-state index in [0.717, 1.165) is 56.1 Å². The average Bonchev–Trinajstić information content (AvgIpc) is 3.17. The Morgan fingerprint density at radius 1 is 0.250 bits per heavy atom. The zero-order valence-corrected chi connectivity index (χ0v) is 31.8. The zero-order valence-electron chi connectivity index (χ0n) is 31.8. The van der Waals surface area contributed by atoms with Gasteiger partial charge in [0.1, 0.15) is 0 Å². The summed E-state index contributed by atoms with van der Waals surface area (Å²) in [5.41, 5.74) is 16.2. The van der Waals surface area contributed by atoms with Crippen LogP contribution >= 0.6 is 0 Å². The fourth-order valence-electron chi connectivity index (χ4n) is 6.65. The average molecular weight is 683 g/mol. The molecule has 0 spiro atoms. The largest absolute Gasteiger partial charge is 0.378 e. The molecule has 0 radical (unpaired) electrons. The van der Waals surface area contributed by atoms with E-state index in [9.17, 15) is 0 Å². The molecule has 0 atom stereocenters. The topological polar surface area (TPSA) is 13.0 Å². The summed E-state index contributed by atoms with van der Waals surface area (Å²) in [6.07, 6.45) is 0. The van der Waals surface area contributed by atoms with E-state index in [2.05, 4.69) is 234 Å². The maximum absolute atomic E-state index is 2.27. The minimum Gasteiger partial charge on any atom is -0.378 e. The fraction of sp³-hybridized carbons (Fsp3) is 0.167. The van der Waals surface area contributed by atoms with Crippen LogP contribution in [0.1, 0.15) is 33.4 Å². The van der Waals surface area contributed by atoms with Crippen molar-refractivity contribution in [2.24, 2.45) is 0 Å². The molecule has 6 aromatic carbocycles. The molecule has 0 fully saturated rings. The normalized spacial score (nSPS) is 10.7. The van der Waals surface area contributed by atoms with E-state index in [4.69, 9.17) is 0 Å². The van der Waals surface area contributed by atoms with Crippen molar-refractivity contribution < 1.29 is 0 Å². The second-order valence-electron chi connectivity index (χ2n) is 14.0. The lowest BCUT2D eigenvalue weighted by Gasteiger charge is -2.26. The second kappa shape index (κ2) is 15.9. The molecule has 0 unspecified atom stereocenters. The van der Waals surface area contributed by atoms with Crippen molar-refractivity contribution in [2.45, 2.75) is 0 Å². The summed E-state index contributed by atoms with van der Waals surface area (Å²) >= 11 is 0. The van der Waals surface area contributed by atoms with Gasteiger partial charge in [0, 0.05) is 79.1 Å². The molecule has 0 heterocycles. The molecule has 4 heteroatoms. The van der Waals surface area contributed by atoms with Gasteiger partial charge in [0.05, 0.1) is 0 Å². The number of allylic oxidation sites excluding steroid dienone is 2. The third kappa shape index (κ3) is 7.82. The highest BCUT2D eigenvalue weighted by Gasteiger charge is 2.24. The lowest BCUT2D eigenvalue weighted by molar-refractivity contribution is 1.13. The van der Waals surface area contributed by atoms with E-state index in [1.54, 1.807) is 0 Å². The van der Waals surface area contributed by atoms with Crippen molar-refractivity contribution in [1.82, 2.24) is 0 Å². The minimum absolute atomic E-state index is 1.15. The summed E-state index contributed by atoms with van der Waals surface area (Å²) in [4.78, 5) is 8.61. The van der Waals surface area contributed by atoms with Crippen LogP contribution in [-0.4, -0.2) is 56.4 Å². The number of anilines is 4. The van der Waals surface area contributed by atoms with E-state index in [1.165, 1.54) is 22.3 Å². The second-order valence-corrected chi connectivity index (χ2v) is 14.0. The van der Waals surface area contributed by atoms with Crippen LogP contribution in [0.5, 0.6) is 0 Å². The summed E-state index contributed by atoms with van der Waals surface area (Å²) in [5.74, 6) is 0. The van der Waals surface area contributed by atoms with Crippen LogP contribution < -0.4 is 19.6 Å². The van der Waals surface area contributed by atoms with Gasteiger partial charge in [0.2, 0.25) is 0 Å². The Balaban J connectivity index is 1.83. The molecule has 4 nitrogen and oxygen atoms in total. The van der Waals surface area contributed by atoms with Gasteiger partial charge in [0.25, 0.3) is 0 Å². The van der Waals surface area contributed by atoms with Gasteiger partial charge in [-0.2, -0.15) is 0 Å². The highest BCUT2D eigenvalue weighted by molar-refractivity contribution is 6.25. The van der Waals surface area contributed by atoms with Crippen molar-refractivity contribution in [3.05, 3.63) is 191 Å². The molecule has 262 valence electrons. The molecule has 6 aromatic rings. The smallest absolute Gasteiger partial charge is 0.0361 e. The predicted molar refractivity (Wildman–Crippen MR) is 228 cm³/mol. The molecule has 0 amide bonds. The fourth-order valence-corrected chi connectivity index (χ4v) is 6.65. The monoisotopic (exact) mass is 682 g/mol. The Morgan fingerprint density at radius 3 is 0.654 bits per heavy atom. The Morgan fingerprint density at radius 2 is 0.462 bits per heavy atom. The Kier molecular flexibility index (Phi) is 11.0. The summed E-state index contributed by atoms with van der Waals surface area (Å²) in [6, 6.07) is 57.8. The summed E-state index contributed by atoms with van der Waals surface area (Å²) in [7, 11) is 16.7. The van der Waals surface area contributed by atoms with Gasteiger partial charge >= 0.3 is 0 Å². The van der Waals surface area contributed by atoms with Crippen molar-refractivity contribution in [1.29, 1.82) is 0 Å². The maximum Gasteiger partial charge on any atom is 0.0361 e. The van der Waals surface area contributed by atoms with Gasteiger partial charge in [-0.25, -0.2) is 0 Å². The van der Waals surface area contributed by atoms with Gasteiger partial charge in [-0.05, 0) is 104 Å². The molecule has 0 saturated heterocycles. The summed E-state index contributed by atoms with van der Waals surface area (Å²) < 4.78 is 0. The van der Waals surface area contributed by atoms with Gasteiger partial charge < -0.3 is 19.6 Å². The molecular weight excluding hydrogens is 633 g/mol. The number of hydrogen-bond donors (Lipinski definition) is 0. The first-order valence-electron chi connectivity index (χ1n) is 17.8. The van der Waals surface area contributed by atoms with E-state index in [0.29, 0.717) is 0 Å². The number of nitrogens with zero attached hydrogens (tertiary/aromatic N) is 4. The molecule has 0 saturated carbocycles. The minimum atomic E-state index is 1.15. The third-order valence-corrected chi connectivity index (χ3v) is 9.56. The maximum atomic E-state index is 2.27.